The second kappa shape index (κ2) is 9.20. The minimum absolute atomic E-state index is 0.00596. The molecular weight excluding hydrogens is 410 g/mol. The highest BCUT2D eigenvalue weighted by Crippen LogP contribution is 2.24. The summed E-state index contributed by atoms with van der Waals surface area (Å²) in [6, 6.07) is 7.17. The van der Waals surface area contributed by atoms with Crippen LogP contribution >= 0.6 is 34.4 Å². The van der Waals surface area contributed by atoms with Crippen LogP contribution in [0, 0.1) is 11.6 Å². The molecule has 0 spiro atoms. The number of thiophene rings is 1. The Balaban J connectivity index is 1.48. The fourth-order valence-electron chi connectivity index (χ4n) is 2.19. The van der Waals surface area contributed by atoms with E-state index in [1.807, 2.05) is 11.4 Å². The molecule has 4 nitrogen and oxygen atoms in total. The molecule has 3 aromatic rings. The number of Topliss-reactive ketones (excluding diaryl/α,β-unsaturated/α-hetero) is 1. The third kappa shape index (κ3) is 5.44. The molecule has 0 saturated heterocycles. The smallest absolute Gasteiger partial charge is 0.226 e. The Labute approximate surface area is 166 Å². The molecule has 0 radical (unpaired) electrons. The topological polar surface area (TPSA) is 59.1 Å². The molecule has 2 heterocycles. The molecule has 0 fully saturated rings. The fourth-order valence-corrected chi connectivity index (χ4v) is 4.67. The van der Waals surface area contributed by atoms with E-state index in [-0.39, 0.29) is 36.0 Å². The first kappa shape index (κ1) is 19.7. The number of halogens is 2. The summed E-state index contributed by atoms with van der Waals surface area (Å²) in [6.45, 7) is -0.224. The summed E-state index contributed by atoms with van der Waals surface area (Å²) >= 11 is 4.07. The van der Waals surface area contributed by atoms with E-state index >= 15 is 0 Å². The van der Waals surface area contributed by atoms with Crippen LogP contribution < -0.4 is 5.32 Å². The molecular formula is C18H14F2N2O2S3. The zero-order chi connectivity index (χ0) is 19.2. The van der Waals surface area contributed by atoms with Gasteiger partial charge in [-0.2, -0.15) is 0 Å². The average molecular weight is 425 g/mol. The molecule has 0 saturated carbocycles. The largest absolute Gasteiger partial charge is 0.351 e. The highest BCUT2D eigenvalue weighted by Gasteiger charge is 2.13. The van der Waals surface area contributed by atoms with Gasteiger partial charge < -0.3 is 5.32 Å². The first-order chi connectivity index (χ1) is 13.0. The maximum Gasteiger partial charge on any atom is 0.226 e. The van der Waals surface area contributed by atoms with Crippen LogP contribution in [0.4, 0.5) is 8.78 Å². The summed E-state index contributed by atoms with van der Waals surface area (Å²) in [5, 5.41) is 6.08. The number of hydrogen-bond acceptors (Lipinski definition) is 6. The number of amides is 1. The maximum atomic E-state index is 13.6. The summed E-state index contributed by atoms with van der Waals surface area (Å²) in [7, 11) is 0. The lowest BCUT2D eigenvalue weighted by molar-refractivity contribution is -0.120. The first-order valence-corrected chi connectivity index (χ1v) is 10.6. The Bertz CT molecular complexity index is 922. The Hall–Kier alpha value is -2.10. The minimum atomic E-state index is -0.696. The molecule has 3 rings (SSSR count). The number of aromatic nitrogens is 1. The van der Waals surface area contributed by atoms with Crippen molar-refractivity contribution in [3.8, 4) is 0 Å². The molecule has 1 amide bonds. The number of hydrogen-bond donors (Lipinski definition) is 1. The van der Waals surface area contributed by atoms with Crippen molar-refractivity contribution in [3.63, 3.8) is 0 Å². The van der Waals surface area contributed by atoms with Crippen molar-refractivity contribution in [1.29, 1.82) is 0 Å². The van der Waals surface area contributed by atoms with Crippen molar-refractivity contribution in [2.24, 2.45) is 0 Å². The van der Waals surface area contributed by atoms with E-state index in [4.69, 9.17) is 0 Å². The van der Waals surface area contributed by atoms with Crippen molar-refractivity contribution in [3.05, 3.63) is 68.9 Å². The Morgan fingerprint density at radius 2 is 1.89 bits per heavy atom. The SMILES string of the molecule is O=C(Cc1csc(SCC(=O)c2cccs2)n1)NCc1c(F)cccc1F. The average Bonchev–Trinajstić information content (AvgIpc) is 3.31. The van der Waals surface area contributed by atoms with Crippen LogP contribution in [0.15, 0.2) is 45.4 Å². The number of ketones is 1. The van der Waals surface area contributed by atoms with Gasteiger partial charge in [0.1, 0.15) is 11.6 Å². The summed E-state index contributed by atoms with van der Waals surface area (Å²) < 4.78 is 27.8. The van der Waals surface area contributed by atoms with Gasteiger partial charge in [-0.25, -0.2) is 13.8 Å². The third-order valence-electron chi connectivity index (χ3n) is 3.52. The Morgan fingerprint density at radius 1 is 1.11 bits per heavy atom. The third-order valence-corrected chi connectivity index (χ3v) is 6.50. The van der Waals surface area contributed by atoms with Crippen molar-refractivity contribution in [1.82, 2.24) is 10.3 Å². The minimum Gasteiger partial charge on any atom is -0.351 e. The molecule has 1 N–H and O–H groups in total. The molecule has 140 valence electrons. The molecule has 0 unspecified atom stereocenters. The predicted molar refractivity (Wildman–Crippen MR) is 103 cm³/mol. The van der Waals surface area contributed by atoms with E-state index in [1.165, 1.54) is 40.5 Å². The van der Waals surface area contributed by atoms with Crippen molar-refractivity contribution in [2.45, 2.75) is 17.3 Å². The lowest BCUT2D eigenvalue weighted by atomic mass is 10.2. The molecule has 1 aromatic carbocycles. The highest BCUT2D eigenvalue weighted by molar-refractivity contribution is 8.01. The number of rotatable bonds is 8. The van der Waals surface area contributed by atoms with E-state index in [0.717, 1.165) is 12.1 Å². The van der Waals surface area contributed by atoms with Crippen LogP contribution in [0.3, 0.4) is 0 Å². The number of nitrogens with one attached hydrogen (secondary N) is 1. The van der Waals surface area contributed by atoms with Gasteiger partial charge in [0, 0.05) is 17.5 Å². The van der Waals surface area contributed by atoms with E-state index in [2.05, 4.69) is 10.3 Å². The number of benzene rings is 1. The quantitative estimate of drug-likeness (QED) is 0.432. The van der Waals surface area contributed by atoms with Gasteiger partial charge in [-0.1, -0.05) is 23.9 Å². The second-order valence-electron chi connectivity index (χ2n) is 5.45. The number of carbonyl (C=O) groups excluding carboxylic acids is 2. The van der Waals surface area contributed by atoms with Crippen LogP contribution in [-0.4, -0.2) is 22.4 Å². The van der Waals surface area contributed by atoms with Crippen molar-refractivity contribution < 1.29 is 18.4 Å². The monoisotopic (exact) mass is 424 g/mol. The summed E-state index contributed by atoms with van der Waals surface area (Å²) in [6.07, 6.45) is 0.00596. The summed E-state index contributed by atoms with van der Waals surface area (Å²) in [4.78, 5) is 29.0. The van der Waals surface area contributed by atoms with Gasteiger partial charge in [0.05, 0.1) is 22.7 Å². The summed E-state index contributed by atoms with van der Waals surface area (Å²) in [5.41, 5.74) is 0.380. The normalized spacial score (nSPS) is 10.7. The van der Waals surface area contributed by atoms with Crippen LogP contribution in [0.5, 0.6) is 0 Å². The van der Waals surface area contributed by atoms with Crippen LogP contribution in [0.1, 0.15) is 20.9 Å². The van der Waals surface area contributed by atoms with Crippen LogP contribution in [0.2, 0.25) is 0 Å². The first-order valence-electron chi connectivity index (χ1n) is 7.86. The van der Waals surface area contributed by atoms with Gasteiger partial charge in [-0.3, -0.25) is 9.59 Å². The highest BCUT2D eigenvalue weighted by atomic mass is 32.2. The Kier molecular flexibility index (Phi) is 6.70. The standard InChI is InChI=1S/C18H14F2N2O2S3/c19-13-3-1-4-14(20)12(13)8-21-17(24)7-11-9-26-18(22-11)27-10-15(23)16-5-2-6-25-16/h1-6,9H,7-8,10H2,(H,21,24). The van der Waals surface area contributed by atoms with Gasteiger partial charge >= 0.3 is 0 Å². The van der Waals surface area contributed by atoms with Crippen LogP contribution in [0.25, 0.3) is 0 Å². The number of nitrogens with zero attached hydrogens (tertiary/aromatic N) is 1. The van der Waals surface area contributed by atoms with E-state index < -0.39 is 11.6 Å². The number of thiazole rings is 1. The van der Waals surface area contributed by atoms with Crippen molar-refractivity contribution in [2.75, 3.05) is 5.75 Å². The molecule has 27 heavy (non-hydrogen) atoms. The van der Waals surface area contributed by atoms with Gasteiger partial charge in [0.2, 0.25) is 5.91 Å². The second-order valence-corrected chi connectivity index (χ2v) is 8.48. The predicted octanol–water partition coefficient (Wildman–Crippen LogP) is 4.32. The maximum absolute atomic E-state index is 13.6. The fraction of sp³-hybridized carbons (Fsp3) is 0.167. The molecule has 0 bridgehead atoms. The number of carbonyl (C=O) groups is 2. The summed E-state index contributed by atoms with van der Waals surface area (Å²) in [5.74, 6) is -1.45. The van der Waals surface area contributed by atoms with Gasteiger partial charge in [-0.05, 0) is 23.6 Å². The van der Waals surface area contributed by atoms with Gasteiger partial charge in [0.15, 0.2) is 10.1 Å². The lowest BCUT2D eigenvalue weighted by Crippen LogP contribution is -2.25. The molecule has 0 aliphatic rings. The molecule has 0 aliphatic carbocycles. The molecule has 9 heteroatoms. The number of thioether (sulfide) groups is 1. The van der Waals surface area contributed by atoms with Gasteiger partial charge in [-0.15, -0.1) is 22.7 Å². The van der Waals surface area contributed by atoms with Gasteiger partial charge in [0.25, 0.3) is 0 Å². The molecule has 0 aliphatic heterocycles. The van der Waals surface area contributed by atoms with Crippen LogP contribution in [-0.2, 0) is 17.8 Å². The molecule has 0 atom stereocenters. The molecule has 2 aromatic heterocycles. The van der Waals surface area contributed by atoms with E-state index in [9.17, 15) is 18.4 Å². The zero-order valence-corrected chi connectivity index (χ0v) is 16.4. The Morgan fingerprint density at radius 3 is 2.59 bits per heavy atom. The van der Waals surface area contributed by atoms with E-state index in [1.54, 1.807) is 11.4 Å². The zero-order valence-electron chi connectivity index (χ0n) is 13.9. The van der Waals surface area contributed by atoms with E-state index in [0.29, 0.717) is 14.9 Å². The van der Waals surface area contributed by atoms with Crippen molar-refractivity contribution >= 4 is 46.1 Å². The lowest BCUT2D eigenvalue weighted by Gasteiger charge is -2.06.